The Kier molecular flexibility index (Phi) is 4.67. The maximum absolute atomic E-state index is 12.2. The summed E-state index contributed by atoms with van der Waals surface area (Å²) in [5.41, 5.74) is 0.787. The number of aromatic nitrogens is 3. The fourth-order valence-corrected chi connectivity index (χ4v) is 2.87. The maximum Gasteiger partial charge on any atom is 0.387 e. The zero-order chi connectivity index (χ0) is 17.1. The van der Waals surface area contributed by atoms with E-state index in [1.54, 1.807) is 18.3 Å². The highest BCUT2D eigenvalue weighted by molar-refractivity contribution is 7.22. The number of nitrogens with zero attached hydrogens (tertiary/aromatic N) is 3. The second kappa shape index (κ2) is 6.89. The Labute approximate surface area is 138 Å². The van der Waals surface area contributed by atoms with Crippen molar-refractivity contribution in [2.24, 2.45) is 0 Å². The molecular formula is C14H12F2N4O3S. The van der Waals surface area contributed by atoms with E-state index in [9.17, 15) is 13.6 Å². The summed E-state index contributed by atoms with van der Waals surface area (Å²) in [5.74, 6) is -0.384. The number of hydrogen-bond acceptors (Lipinski definition) is 6. The number of halogens is 2. The number of fused-ring (bicyclic) bond motifs is 1. The van der Waals surface area contributed by atoms with Crippen molar-refractivity contribution < 1.29 is 23.0 Å². The average molecular weight is 354 g/mol. The molecule has 3 rings (SSSR count). The first-order chi connectivity index (χ1) is 11.5. The number of carbonyl (C=O) groups is 1. The predicted molar refractivity (Wildman–Crippen MR) is 83.4 cm³/mol. The number of carbonyl (C=O) groups excluding carboxylic acids is 1. The second-order valence-corrected chi connectivity index (χ2v) is 5.67. The number of rotatable bonds is 6. The van der Waals surface area contributed by atoms with Gasteiger partial charge in [-0.2, -0.15) is 13.9 Å². The van der Waals surface area contributed by atoms with Crippen molar-refractivity contribution in [2.75, 3.05) is 12.4 Å². The first-order valence-corrected chi connectivity index (χ1v) is 7.56. The summed E-state index contributed by atoms with van der Waals surface area (Å²) in [4.78, 5) is 16.4. The van der Waals surface area contributed by atoms with Crippen LogP contribution in [0.3, 0.4) is 0 Å². The van der Waals surface area contributed by atoms with Crippen molar-refractivity contribution in [3.8, 4) is 5.75 Å². The molecule has 0 aliphatic carbocycles. The van der Waals surface area contributed by atoms with Crippen LogP contribution >= 0.6 is 11.3 Å². The number of benzene rings is 1. The molecule has 0 aliphatic rings. The Bertz CT molecular complexity index is 865. The van der Waals surface area contributed by atoms with Crippen LogP contribution in [0.15, 0.2) is 30.5 Å². The van der Waals surface area contributed by atoms with E-state index in [4.69, 9.17) is 4.74 Å². The first kappa shape index (κ1) is 16.3. The lowest BCUT2D eigenvalue weighted by atomic mass is 10.3. The van der Waals surface area contributed by atoms with Crippen molar-refractivity contribution in [3.05, 3.63) is 36.2 Å². The molecule has 0 aliphatic heterocycles. The summed E-state index contributed by atoms with van der Waals surface area (Å²) in [6.07, 6.45) is 1.62. The molecule has 0 bridgehead atoms. The van der Waals surface area contributed by atoms with Gasteiger partial charge in [-0.05, 0) is 24.3 Å². The minimum atomic E-state index is -2.89. The Morgan fingerprint density at radius 1 is 1.42 bits per heavy atom. The van der Waals surface area contributed by atoms with Gasteiger partial charge < -0.3 is 9.47 Å². The molecule has 0 spiro atoms. The van der Waals surface area contributed by atoms with Gasteiger partial charge in [0.2, 0.25) is 0 Å². The maximum atomic E-state index is 12.2. The highest BCUT2D eigenvalue weighted by Gasteiger charge is 2.13. The van der Waals surface area contributed by atoms with Crippen LogP contribution in [-0.4, -0.2) is 34.4 Å². The van der Waals surface area contributed by atoms with Gasteiger partial charge in [-0.25, -0.2) is 9.67 Å². The molecule has 1 amide bonds. The van der Waals surface area contributed by atoms with E-state index in [0.717, 1.165) is 11.3 Å². The molecule has 3 aromatic rings. The largest absolute Gasteiger partial charge is 0.435 e. The molecule has 0 radical (unpaired) electrons. The highest BCUT2D eigenvalue weighted by atomic mass is 32.1. The molecular weight excluding hydrogens is 342 g/mol. The molecule has 1 N–H and O–H groups in total. The Balaban J connectivity index is 1.75. The average Bonchev–Trinajstić information content (AvgIpc) is 3.13. The van der Waals surface area contributed by atoms with Crippen LogP contribution in [0.2, 0.25) is 0 Å². The van der Waals surface area contributed by atoms with E-state index in [1.165, 1.54) is 23.9 Å². The van der Waals surface area contributed by atoms with Gasteiger partial charge in [-0.15, -0.1) is 0 Å². The third kappa shape index (κ3) is 3.66. The minimum absolute atomic E-state index is 0.0392. The number of anilines is 1. The smallest absolute Gasteiger partial charge is 0.387 e. The van der Waals surface area contributed by atoms with Gasteiger partial charge >= 0.3 is 6.61 Å². The standard InChI is InChI=1S/C14H12F2N4O3S/c1-22-7-20-5-4-10(19-20)12(21)18-14-17-9-3-2-8(23-13(15)16)6-11(9)24-14/h2-6,13H,7H2,1H3,(H,17,18,21). The van der Waals surface area contributed by atoms with E-state index in [1.807, 2.05) is 0 Å². The molecule has 0 atom stereocenters. The molecule has 126 valence electrons. The van der Waals surface area contributed by atoms with Crippen LogP contribution in [0.25, 0.3) is 10.2 Å². The van der Waals surface area contributed by atoms with Crippen LogP contribution in [-0.2, 0) is 11.5 Å². The van der Waals surface area contributed by atoms with Crippen molar-refractivity contribution in [3.63, 3.8) is 0 Å². The van der Waals surface area contributed by atoms with Crippen LogP contribution in [0.5, 0.6) is 5.75 Å². The molecule has 2 aromatic heterocycles. The van der Waals surface area contributed by atoms with Gasteiger partial charge in [0.1, 0.15) is 12.5 Å². The van der Waals surface area contributed by atoms with Crippen LogP contribution in [0.4, 0.5) is 13.9 Å². The van der Waals surface area contributed by atoms with E-state index in [2.05, 4.69) is 20.1 Å². The quantitative estimate of drug-likeness (QED) is 0.736. The molecule has 0 fully saturated rings. The Morgan fingerprint density at radius 2 is 2.25 bits per heavy atom. The van der Waals surface area contributed by atoms with E-state index in [0.29, 0.717) is 15.3 Å². The molecule has 10 heteroatoms. The van der Waals surface area contributed by atoms with Gasteiger partial charge in [0.25, 0.3) is 5.91 Å². The zero-order valence-electron chi connectivity index (χ0n) is 12.4. The second-order valence-electron chi connectivity index (χ2n) is 4.64. The minimum Gasteiger partial charge on any atom is -0.435 e. The summed E-state index contributed by atoms with van der Waals surface area (Å²) >= 11 is 1.15. The van der Waals surface area contributed by atoms with E-state index in [-0.39, 0.29) is 18.2 Å². The molecule has 0 saturated heterocycles. The number of hydrogen-bond donors (Lipinski definition) is 1. The van der Waals surface area contributed by atoms with Crippen molar-refractivity contribution in [2.45, 2.75) is 13.3 Å². The lowest BCUT2D eigenvalue weighted by Crippen LogP contribution is -2.13. The summed E-state index contributed by atoms with van der Waals surface area (Å²) in [6.45, 7) is -2.65. The number of methoxy groups -OCH3 is 1. The monoisotopic (exact) mass is 354 g/mol. The molecule has 24 heavy (non-hydrogen) atoms. The van der Waals surface area contributed by atoms with Gasteiger partial charge in [0.15, 0.2) is 10.8 Å². The van der Waals surface area contributed by atoms with Crippen LogP contribution in [0, 0.1) is 0 Å². The number of nitrogens with one attached hydrogen (secondary N) is 1. The van der Waals surface area contributed by atoms with Gasteiger partial charge in [0.05, 0.1) is 10.2 Å². The highest BCUT2D eigenvalue weighted by Crippen LogP contribution is 2.30. The summed E-state index contributed by atoms with van der Waals surface area (Å²) < 4.78 is 35.8. The fraction of sp³-hybridized carbons (Fsp3) is 0.214. The third-order valence-corrected chi connectivity index (χ3v) is 3.87. The van der Waals surface area contributed by atoms with Crippen molar-refractivity contribution in [1.29, 1.82) is 0 Å². The normalized spacial score (nSPS) is 11.2. The number of alkyl halides is 2. The number of ether oxygens (including phenoxy) is 2. The van der Waals surface area contributed by atoms with E-state index < -0.39 is 12.5 Å². The predicted octanol–water partition coefficient (Wildman–Crippen LogP) is 2.95. The third-order valence-electron chi connectivity index (χ3n) is 2.94. The molecule has 0 saturated carbocycles. The lowest BCUT2D eigenvalue weighted by Gasteiger charge is -2.02. The Morgan fingerprint density at radius 3 is 3.00 bits per heavy atom. The van der Waals surface area contributed by atoms with Crippen molar-refractivity contribution >= 4 is 32.6 Å². The first-order valence-electron chi connectivity index (χ1n) is 6.74. The molecule has 2 heterocycles. The lowest BCUT2D eigenvalue weighted by molar-refractivity contribution is -0.0497. The summed E-state index contributed by atoms with van der Waals surface area (Å²) in [6, 6.07) is 5.94. The van der Waals surface area contributed by atoms with Gasteiger partial charge in [0, 0.05) is 13.3 Å². The van der Waals surface area contributed by atoms with E-state index >= 15 is 0 Å². The summed E-state index contributed by atoms with van der Waals surface area (Å²) in [7, 11) is 1.52. The zero-order valence-corrected chi connectivity index (χ0v) is 13.2. The number of amides is 1. The fourth-order valence-electron chi connectivity index (χ4n) is 1.98. The van der Waals surface area contributed by atoms with Gasteiger partial charge in [-0.3, -0.25) is 10.1 Å². The number of thiazole rings is 1. The van der Waals surface area contributed by atoms with Gasteiger partial charge in [-0.1, -0.05) is 11.3 Å². The SMILES string of the molecule is COCn1ccc(C(=O)Nc2nc3ccc(OC(F)F)cc3s2)n1. The van der Waals surface area contributed by atoms with Crippen LogP contribution in [0.1, 0.15) is 10.5 Å². The van der Waals surface area contributed by atoms with Crippen LogP contribution < -0.4 is 10.1 Å². The Hall–Kier alpha value is -2.59. The summed E-state index contributed by atoms with van der Waals surface area (Å²) in [5, 5.41) is 7.01. The van der Waals surface area contributed by atoms with Crippen molar-refractivity contribution in [1.82, 2.24) is 14.8 Å². The molecule has 7 nitrogen and oxygen atoms in total. The molecule has 0 unspecified atom stereocenters. The molecule has 1 aromatic carbocycles. The topological polar surface area (TPSA) is 78.3 Å².